The van der Waals surface area contributed by atoms with Crippen LogP contribution in [0, 0.1) is 0 Å². The number of benzene rings is 1. The van der Waals surface area contributed by atoms with Gasteiger partial charge in [0.05, 0.1) is 0 Å². The molecule has 0 fully saturated rings. The summed E-state index contributed by atoms with van der Waals surface area (Å²) in [7, 11) is 0. The third-order valence-electron chi connectivity index (χ3n) is 1.66. The average Bonchev–Trinajstić information content (AvgIpc) is 2.05. The molecule has 1 aromatic carbocycles. The first kappa shape index (κ1) is 7.80. The first-order valence-corrected chi connectivity index (χ1v) is 4.55. The summed E-state index contributed by atoms with van der Waals surface area (Å²) in [5.41, 5.74) is 0.891. The summed E-state index contributed by atoms with van der Waals surface area (Å²) in [5.74, 6) is 0.855. The zero-order chi connectivity index (χ0) is 8.55. The number of fused-ring (bicyclic) bond motifs is 1. The molecule has 2 rings (SSSR count). The summed E-state index contributed by atoms with van der Waals surface area (Å²) in [5, 5.41) is 0. The highest BCUT2D eigenvalue weighted by molar-refractivity contribution is 9.10. The van der Waals surface area contributed by atoms with Crippen LogP contribution in [0.4, 0.5) is 5.69 Å². The van der Waals surface area contributed by atoms with Crippen molar-refractivity contribution in [1.29, 1.82) is 0 Å². The fourth-order valence-corrected chi connectivity index (χ4v) is 1.46. The van der Waals surface area contributed by atoms with Crippen molar-refractivity contribution in [1.82, 2.24) is 0 Å². The molecule has 1 unspecified atom stereocenters. The van der Waals surface area contributed by atoms with Crippen LogP contribution in [-0.4, -0.2) is 12.3 Å². The Balaban J connectivity index is 2.47. The molecule has 0 saturated carbocycles. The van der Waals surface area contributed by atoms with Gasteiger partial charge in [0.15, 0.2) is 0 Å². The third kappa shape index (κ3) is 1.37. The molecule has 0 aliphatic carbocycles. The normalized spacial score (nSPS) is 20.0. The zero-order valence-electron chi connectivity index (χ0n) is 6.62. The van der Waals surface area contributed by atoms with Gasteiger partial charge >= 0.3 is 0 Å². The van der Waals surface area contributed by atoms with Crippen LogP contribution in [0.3, 0.4) is 0 Å². The van der Waals surface area contributed by atoms with E-state index in [0.717, 1.165) is 15.9 Å². The van der Waals surface area contributed by atoms with E-state index in [1.807, 2.05) is 25.1 Å². The predicted molar refractivity (Wildman–Crippen MR) is 52.4 cm³/mol. The summed E-state index contributed by atoms with van der Waals surface area (Å²) in [6.45, 7) is 1.97. The number of aliphatic imine (C=N–C) groups is 1. The van der Waals surface area contributed by atoms with E-state index in [0.29, 0.717) is 0 Å². The van der Waals surface area contributed by atoms with Gasteiger partial charge in [0, 0.05) is 10.7 Å². The van der Waals surface area contributed by atoms with Crippen molar-refractivity contribution in [2.45, 2.75) is 13.0 Å². The maximum atomic E-state index is 5.52. The Morgan fingerprint density at radius 2 is 2.33 bits per heavy atom. The van der Waals surface area contributed by atoms with Crippen molar-refractivity contribution in [2.24, 2.45) is 4.99 Å². The second kappa shape index (κ2) is 2.90. The van der Waals surface area contributed by atoms with E-state index >= 15 is 0 Å². The molecule has 1 aliphatic heterocycles. The van der Waals surface area contributed by atoms with Gasteiger partial charge in [-0.1, -0.05) is 15.9 Å². The maximum Gasteiger partial charge on any atom is 0.145 e. The lowest BCUT2D eigenvalue weighted by molar-refractivity contribution is 0.288. The standard InChI is InChI=1S/C9H8BrNO/c1-6-5-11-8-4-7(10)2-3-9(8)12-6/h2-6H,1H3. The lowest BCUT2D eigenvalue weighted by atomic mass is 10.2. The number of halogens is 1. The molecule has 2 nitrogen and oxygen atoms in total. The van der Waals surface area contributed by atoms with Gasteiger partial charge in [0.2, 0.25) is 0 Å². The monoisotopic (exact) mass is 225 g/mol. The molecule has 0 radical (unpaired) electrons. The smallest absolute Gasteiger partial charge is 0.145 e. The van der Waals surface area contributed by atoms with Gasteiger partial charge in [-0.2, -0.15) is 0 Å². The molecule has 0 spiro atoms. The Morgan fingerprint density at radius 3 is 3.17 bits per heavy atom. The highest BCUT2D eigenvalue weighted by atomic mass is 79.9. The quantitative estimate of drug-likeness (QED) is 0.666. The lowest BCUT2D eigenvalue weighted by Crippen LogP contribution is -2.15. The Kier molecular flexibility index (Phi) is 1.89. The van der Waals surface area contributed by atoms with Crippen molar-refractivity contribution in [2.75, 3.05) is 0 Å². The highest BCUT2D eigenvalue weighted by Crippen LogP contribution is 2.33. The highest BCUT2D eigenvalue weighted by Gasteiger charge is 2.11. The maximum absolute atomic E-state index is 5.52. The van der Waals surface area contributed by atoms with Gasteiger partial charge < -0.3 is 4.74 Å². The number of rotatable bonds is 0. The molecular weight excluding hydrogens is 218 g/mol. The molecule has 1 heterocycles. The van der Waals surface area contributed by atoms with E-state index < -0.39 is 0 Å². The molecule has 12 heavy (non-hydrogen) atoms. The van der Waals surface area contributed by atoms with Crippen molar-refractivity contribution in [3.63, 3.8) is 0 Å². The van der Waals surface area contributed by atoms with Crippen LogP contribution in [0.5, 0.6) is 5.75 Å². The topological polar surface area (TPSA) is 21.6 Å². The summed E-state index contributed by atoms with van der Waals surface area (Å²) in [6.07, 6.45) is 1.88. The first-order valence-electron chi connectivity index (χ1n) is 3.76. The van der Waals surface area contributed by atoms with Gasteiger partial charge in [-0.3, -0.25) is 4.99 Å². The second-order valence-corrected chi connectivity index (χ2v) is 3.63. The van der Waals surface area contributed by atoms with E-state index in [1.54, 1.807) is 6.21 Å². The van der Waals surface area contributed by atoms with Crippen LogP contribution in [0.1, 0.15) is 6.92 Å². The molecule has 62 valence electrons. The minimum atomic E-state index is 0.0821. The Bertz CT molecular complexity index is 335. The molecule has 0 saturated heterocycles. The molecular formula is C9H8BrNO. The summed E-state index contributed by atoms with van der Waals surface area (Å²) in [6, 6.07) is 5.82. The number of nitrogens with zero attached hydrogens (tertiary/aromatic N) is 1. The Hall–Kier alpha value is -0.830. The molecule has 1 atom stereocenters. The lowest BCUT2D eigenvalue weighted by Gasteiger charge is -2.16. The van der Waals surface area contributed by atoms with Crippen LogP contribution in [0.2, 0.25) is 0 Å². The fraction of sp³-hybridized carbons (Fsp3) is 0.222. The van der Waals surface area contributed by atoms with Crippen molar-refractivity contribution in [3.05, 3.63) is 22.7 Å². The predicted octanol–water partition coefficient (Wildman–Crippen LogP) is 2.93. The molecule has 3 heteroatoms. The third-order valence-corrected chi connectivity index (χ3v) is 2.15. The largest absolute Gasteiger partial charge is 0.483 e. The average molecular weight is 226 g/mol. The van der Waals surface area contributed by atoms with E-state index in [1.165, 1.54) is 0 Å². The van der Waals surface area contributed by atoms with Crippen LogP contribution < -0.4 is 4.74 Å². The van der Waals surface area contributed by atoms with E-state index in [9.17, 15) is 0 Å². The van der Waals surface area contributed by atoms with Crippen molar-refractivity contribution < 1.29 is 4.74 Å². The SMILES string of the molecule is CC1C=Nc2cc(Br)ccc2O1. The van der Waals surface area contributed by atoms with Gasteiger partial charge in [-0.25, -0.2) is 0 Å². The van der Waals surface area contributed by atoms with Crippen LogP contribution in [0.25, 0.3) is 0 Å². The van der Waals surface area contributed by atoms with Crippen LogP contribution in [-0.2, 0) is 0 Å². The van der Waals surface area contributed by atoms with E-state index in [-0.39, 0.29) is 6.10 Å². The number of ether oxygens (including phenoxy) is 1. The minimum Gasteiger partial charge on any atom is -0.483 e. The molecule has 1 aromatic rings. The number of hydrogen-bond acceptors (Lipinski definition) is 2. The first-order chi connectivity index (χ1) is 5.75. The Morgan fingerprint density at radius 1 is 1.50 bits per heavy atom. The summed E-state index contributed by atoms with van der Waals surface area (Å²) >= 11 is 3.38. The van der Waals surface area contributed by atoms with Gasteiger partial charge in [0.1, 0.15) is 17.5 Å². The van der Waals surface area contributed by atoms with Gasteiger partial charge in [-0.05, 0) is 25.1 Å². The Labute approximate surface area is 79.4 Å². The van der Waals surface area contributed by atoms with Crippen molar-refractivity contribution in [3.8, 4) is 5.75 Å². The summed E-state index contributed by atoms with van der Waals surface area (Å²) < 4.78 is 6.54. The second-order valence-electron chi connectivity index (χ2n) is 2.71. The minimum absolute atomic E-state index is 0.0821. The van der Waals surface area contributed by atoms with E-state index in [2.05, 4.69) is 20.9 Å². The molecule has 0 aromatic heterocycles. The van der Waals surface area contributed by atoms with Gasteiger partial charge in [0.25, 0.3) is 0 Å². The molecule has 1 aliphatic rings. The molecule has 0 N–H and O–H groups in total. The molecule has 0 amide bonds. The van der Waals surface area contributed by atoms with Crippen molar-refractivity contribution >= 4 is 27.8 Å². The van der Waals surface area contributed by atoms with Gasteiger partial charge in [-0.15, -0.1) is 0 Å². The number of hydrogen-bond donors (Lipinski definition) is 0. The molecule has 0 bridgehead atoms. The fourth-order valence-electron chi connectivity index (χ4n) is 1.11. The van der Waals surface area contributed by atoms with E-state index in [4.69, 9.17) is 4.74 Å². The van der Waals surface area contributed by atoms with Crippen LogP contribution in [0.15, 0.2) is 27.7 Å². The summed E-state index contributed by atoms with van der Waals surface area (Å²) in [4.78, 5) is 4.25. The van der Waals surface area contributed by atoms with Crippen LogP contribution >= 0.6 is 15.9 Å². The zero-order valence-corrected chi connectivity index (χ0v) is 8.21.